The van der Waals surface area contributed by atoms with Crippen LogP contribution in [-0.2, 0) is 11.3 Å². The van der Waals surface area contributed by atoms with E-state index in [1.807, 2.05) is 29.5 Å². The Balaban J connectivity index is 1.49. The first-order valence-electron chi connectivity index (χ1n) is 8.64. The number of benzene rings is 1. The molecule has 0 saturated carbocycles. The fourth-order valence-electron chi connectivity index (χ4n) is 3.07. The smallest absolute Gasteiger partial charge is 0.238 e. The van der Waals surface area contributed by atoms with Crippen molar-refractivity contribution in [2.75, 3.05) is 38.0 Å². The average molecular weight is 378 g/mol. The molecular weight excluding hydrogens is 354 g/mol. The van der Waals surface area contributed by atoms with Crippen LogP contribution in [-0.4, -0.2) is 48.4 Å². The lowest BCUT2D eigenvalue weighted by Gasteiger charge is -2.21. The zero-order valence-electron chi connectivity index (χ0n) is 14.5. The van der Waals surface area contributed by atoms with Crippen LogP contribution in [0.3, 0.4) is 0 Å². The summed E-state index contributed by atoms with van der Waals surface area (Å²) in [5.41, 5.74) is 2.06. The van der Waals surface area contributed by atoms with Crippen LogP contribution in [0.25, 0.3) is 0 Å². The Morgan fingerprint density at radius 3 is 2.68 bits per heavy atom. The molecule has 0 unspecified atom stereocenters. The van der Waals surface area contributed by atoms with Crippen molar-refractivity contribution in [1.29, 1.82) is 0 Å². The molecule has 4 nitrogen and oxygen atoms in total. The molecule has 1 N–H and O–H groups in total. The van der Waals surface area contributed by atoms with Crippen molar-refractivity contribution < 1.29 is 4.79 Å². The van der Waals surface area contributed by atoms with Gasteiger partial charge in [-0.15, -0.1) is 11.3 Å². The van der Waals surface area contributed by atoms with Crippen molar-refractivity contribution in [3.8, 4) is 0 Å². The van der Waals surface area contributed by atoms with Crippen LogP contribution in [0.1, 0.15) is 16.9 Å². The topological polar surface area (TPSA) is 35.6 Å². The second-order valence-corrected chi connectivity index (χ2v) is 7.87. The second kappa shape index (κ2) is 8.81. The van der Waals surface area contributed by atoms with E-state index in [1.165, 1.54) is 10.4 Å². The third kappa shape index (κ3) is 5.28. The lowest BCUT2D eigenvalue weighted by molar-refractivity contribution is -0.117. The quantitative estimate of drug-likeness (QED) is 0.859. The van der Waals surface area contributed by atoms with E-state index in [0.29, 0.717) is 17.3 Å². The number of anilines is 1. The summed E-state index contributed by atoms with van der Waals surface area (Å²) in [7, 11) is 0. The van der Waals surface area contributed by atoms with Crippen molar-refractivity contribution in [3.63, 3.8) is 0 Å². The summed E-state index contributed by atoms with van der Waals surface area (Å²) < 4.78 is 0. The van der Waals surface area contributed by atoms with E-state index in [-0.39, 0.29) is 5.91 Å². The van der Waals surface area contributed by atoms with E-state index in [0.717, 1.165) is 39.1 Å². The number of aryl methyl sites for hydroxylation is 1. The van der Waals surface area contributed by atoms with Gasteiger partial charge in [-0.05, 0) is 55.6 Å². The van der Waals surface area contributed by atoms with E-state index in [1.54, 1.807) is 6.07 Å². The SMILES string of the molecule is Cc1ccsc1CN1CCCN(CC(=O)Nc2ccccc2Cl)CC1. The summed E-state index contributed by atoms with van der Waals surface area (Å²) >= 11 is 7.93. The lowest BCUT2D eigenvalue weighted by Crippen LogP contribution is -2.36. The van der Waals surface area contributed by atoms with Gasteiger partial charge in [-0.2, -0.15) is 0 Å². The van der Waals surface area contributed by atoms with E-state index in [9.17, 15) is 4.79 Å². The van der Waals surface area contributed by atoms with E-state index in [4.69, 9.17) is 11.6 Å². The highest BCUT2D eigenvalue weighted by atomic mass is 35.5. The number of hydrogen-bond donors (Lipinski definition) is 1. The number of carbonyl (C=O) groups excluding carboxylic acids is 1. The maximum absolute atomic E-state index is 12.3. The summed E-state index contributed by atoms with van der Waals surface area (Å²) in [6, 6.07) is 9.53. The molecule has 1 amide bonds. The molecule has 1 aromatic carbocycles. The highest BCUT2D eigenvalue weighted by Crippen LogP contribution is 2.21. The standard InChI is InChI=1S/C19H24ClN3OS/c1-15-7-12-25-18(15)13-22-8-4-9-23(11-10-22)14-19(24)21-17-6-3-2-5-16(17)20/h2-3,5-7,12H,4,8-11,13-14H2,1H3,(H,21,24). The Bertz CT molecular complexity index is 718. The molecule has 0 radical (unpaired) electrons. The number of carbonyl (C=O) groups is 1. The summed E-state index contributed by atoms with van der Waals surface area (Å²) in [5.74, 6) is -0.00403. The van der Waals surface area contributed by atoms with E-state index in [2.05, 4.69) is 33.5 Å². The van der Waals surface area contributed by atoms with Gasteiger partial charge in [0.1, 0.15) is 0 Å². The van der Waals surface area contributed by atoms with Gasteiger partial charge in [0.25, 0.3) is 0 Å². The number of nitrogens with one attached hydrogen (secondary N) is 1. The van der Waals surface area contributed by atoms with Gasteiger partial charge in [-0.25, -0.2) is 0 Å². The Kier molecular flexibility index (Phi) is 6.48. The molecule has 1 aliphatic rings. The zero-order valence-corrected chi connectivity index (χ0v) is 16.1. The van der Waals surface area contributed by atoms with Gasteiger partial charge in [-0.3, -0.25) is 14.6 Å². The monoisotopic (exact) mass is 377 g/mol. The fraction of sp³-hybridized carbons (Fsp3) is 0.421. The molecule has 0 atom stereocenters. The van der Waals surface area contributed by atoms with Crippen LogP contribution in [0.5, 0.6) is 0 Å². The van der Waals surface area contributed by atoms with Crippen LogP contribution in [0.15, 0.2) is 35.7 Å². The number of para-hydroxylation sites is 1. The molecule has 1 fully saturated rings. The molecule has 1 aromatic heterocycles. The predicted octanol–water partition coefficient (Wildman–Crippen LogP) is 3.86. The maximum atomic E-state index is 12.3. The number of nitrogens with zero attached hydrogens (tertiary/aromatic N) is 2. The molecule has 2 heterocycles. The number of rotatable bonds is 5. The van der Waals surface area contributed by atoms with Crippen molar-refractivity contribution in [3.05, 3.63) is 51.2 Å². The molecule has 3 rings (SSSR count). The van der Waals surface area contributed by atoms with Crippen LogP contribution in [0.4, 0.5) is 5.69 Å². The molecular formula is C19H24ClN3OS. The van der Waals surface area contributed by atoms with Crippen LogP contribution in [0, 0.1) is 6.92 Å². The predicted molar refractivity (Wildman–Crippen MR) is 105 cm³/mol. The van der Waals surface area contributed by atoms with Gasteiger partial charge in [0.2, 0.25) is 5.91 Å². The number of thiophene rings is 1. The van der Waals surface area contributed by atoms with Crippen molar-refractivity contribution in [2.24, 2.45) is 0 Å². The number of hydrogen-bond acceptors (Lipinski definition) is 4. The third-order valence-corrected chi connectivity index (χ3v) is 5.87. The molecule has 2 aromatic rings. The summed E-state index contributed by atoms with van der Waals surface area (Å²) in [6.07, 6.45) is 1.09. The van der Waals surface area contributed by atoms with Crippen molar-refractivity contribution in [2.45, 2.75) is 19.9 Å². The molecule has 6 heteroatoms. The minimum atomic E-state index is -0.00403. The third-order valence-electron chi connectivity index (χ3n) is 4.53. The highest BCUT2D eigenvalue weighted by Gasteiger charge is 2.18. The maximum Gasteiger partial charge on any atom is 0.238 e. The van der Waals surface area contributed by atoms with Gasteiger partial charge in [-0.1, -0.05) is 23.7 Å². The van der Waals surface area contributed by atoms with Gasteiger partial charge < -0.3 is 5.32 Å². The molecule has 134 valence electrons. The Labute approximate surface area is 158 Å². The molecule has 0 spiro atoms. The lowest BCUT2D eigenvalue weighted by atomic mass is 10.2. The van der Waals surface area contributed by atoms with Gasteiger partial charge in [0.15, 0.2) is 0 Å². The van der Waals surface area contributed by atoms with Crippen molar-refractivity contribution in [1.82, 2.24) is 9.80 Å². The van der Waals surface area contributed by atoms with E-state index >= 15 is 0 Å². The normalized spacial score (nSPS) is 16.6. The van der Waals surface area contributed by atoms with Crippen LogP contribution in [0.2, 0.25) is 5.02 Å². The minimum absolute atomic E-state index is 0.00403. The first-order valence-corrected chi connectivity index (χ1v) is 9.89. The first-order chi connectivity index (χ1) is 12.1. The number of halogens is 1. The Morgan fingerprint density at radius 2 is 1.92 bits per heavy atom. The second-order valence-electron chi connectivity index (χ2n) is 6.46. The fourth-order valence-corrected chi connectivity index (χ4v) is 4.20. The molecule has 25 heavy (non-hydrogen) atoms. The first kappa shape index (κ1) is 18.4. The minimum Gasteiger partial charge on any atom is -0.324 e. The molecule has 1 saturated heterocycles. The zero-order chi connectivity index (χ0) is 17.6. The summed E-state index contributed by atoms with van der Waals surface area (Å²) in [5, 5.41) is 5.64. The summed E-state index contributed by atoms with van der Waals surface area (Å²) in [6.45, 7) is 7.56. The molecule has 0 bridgehead atoms. The molecule has 1 aliphatic heterocycles. The van der Waals surface area contributed by atoms with Crippen LogP contribution >= 0.6 is 22.9 Å². The average Bonchev–Trinajstić information content (AvgIpc) is 2.85. The highest BCUT2D eigenvalue weighted by molar-refractivity contribution is 7.10. The van der Waals surface area contributed by atoms with Crippen LogP contribution < -0.4 is 5.32 Å². The van der Waals surface area contributed by atoms with Gasteiger partial charge >= 0.3 is 0 Å². The Hall–Kier alpha value is -1.40. The summed E-state index contributed by atoms with van der Waals surface area (Å²) in [4.78, 5) is 18.5. The van der Waals surface area contributed by atoms with E-state index < -0.39 is 0 Å². The van der Waals surface area contributed by atoms with Crippen molar-refractivity contribution >= 4 is 34.5 Å². The molecule has 0 aliphatic carbocycles. The van der Waals surface area contributed by atoms with Gasteiger partial charge in [0, 0.05) is 24.5 Å². The van der Waals surface area contributed by atoms with Gasteiger partial charge in [0.05, 0.1) is 17.3 Å². The largest absolute Gasteiger partial charge is 0.324 e. The Morgan fingerprint density at radius 1 is 1.16 bits per heavy atom. The number of amides is 1.